The number of hydrogen-bond acceptors (Lipinski definition) is 3. The Hall–Kier alpha value is -2.62. The van der Waals surface area contributed by atoms with E-state index in [0.717, 1.165) is 5.69 Å². The maximum Gasteiger partial charge on any atom is 0.262 e. The van der Waals surface area contributed by atoms with Crippen LogP contribution in [-0.2, 0) is 4.79 Å². The molecule has 0 aliphatic rings. The normalized spacial score (nSPS) is 9.85. The van der Waals surface area contributed by atoms with Gasteiger partial charge < -0.3 is 10.1 Å². The second-order valence-corrected chi connectivity index (χ2v) is 4.29. The first-order valence-corrected chi connectivity index (χ1v) is 6.24. The second-order valence-electron chi connectivity index (χ2n) is 4.29. The summed E-state index contributed by atoms with van der Waals surface area (Å²) in [5.74, 6) is 0.217. The first-order chi connectivity index (χ1) is 9.65. The molecule has 20 heavy (non-hydrogen) atoms. The van der Waals surface area contributed by atoms with E-state index in [1.54, 1.807) is 36.4 Å². The number of para-hydroxylation sites is 1. The van der Waals surface area contributed by atoms with Crippen LogP contribution in [0.1, 0.15) is 17.3 Å². The van der Waals surface area contributed by atoms with Crippen molar-refractivity contribution < 1.29 is 14.3 Å². The number of carbonyl (C=O) groups is 2. The molecular weight excluding hydrogens is 254 g/mol. The number of ether oxygens (including phenoxy) is 1. The molecule has 2 aromatic rings. The van der Waals surface area contributed by atoms with E-state index >= 15 is 0 Å². The largest absolute Gasteiger partial charge is 0.484 e. The Morgan fingerprint density at radius 3 is 2.50 bits per heavy atom. The fourth-order valence-electron chi connectivity index (χ4n) is 1.67. The average molecular weight is 269 g/mol. The number of anilines is 1. The molecule has 1 N–H and O–H groups in total. The van der Waals surface area contributed by atoms with Gasteiger partial charge in [-0.15, -0.1) is 0 Å². The van der Waals surface area contributed by atoms with Gasteiger partial charge in [0.05, 0.1) is 0 Å². The molecule has 0 fully saturated rings. The van der Waals surface area contributed by atoms with Crippen LogP contribution in [0, 0.1) is 0 Å². The molecule has 0 aliphatic carbocycles. The van der Waals surface area contributed by atoms with Crippen molar-refractivity contribution in [2.45, 2.75) is 6.92 Å². The number of Topliss-reactive ketones (excluding diaryl/α,β-unsaturated/α-hetero) is 1. The van der Waals surface area contributed by atoms with Crippen molar-refractivity contribution >= 4 is 17.4 Å². The number of carbonyl (C=O) groups excluding carboxylic acids is 2. The van der Waals surface area contributed by atoms with Gasteiger partial charge in [-0.3, -0.25) is 9.59 Å². The average Bonchev–Trinajstić information content (AvgIpc) is 2.46. The number of benzene rings is 2. The summed E-state index contributed by atoms with van der Waals surface area (Å²) < 4.78 is 5.37. The summed E-state index contributed by atoms with van der Waals surface area (Å²) in [6.45, 7) is 1.39. The Morgan fingerprint density at radius 1 is 1.05 bits per heavy atom. The summed E-state index contributed by atoms with van der Waals surface area (Å²) in [5, 5.41) is 2.72. The monoisotopic (exact) mass is 269 g/mol. The highest BCUT2D eigenvalue weighted by Gasteiger charge is 2.05. The highest BCUT2D eigenvalue weighted by Crippen LogP contribution is 2.14. The number of ketones is 1. The van der Waals surface area contributed by atoms with E-state index in [4.69, 9.17) is 4.74 Å². The molecule has 0 unspecified atom stereocenters. The van der Waals surface area contributed by atoms with Gasteiger partial charge in [-0.05, 0) is 31.2 Å². The molecule has 1 amide bonds. The Kier molecular flexibility index (Phi) is 4.50. The van der Waals surface area contributed by atoms with Gasteiger partial charge in [0.15, 0.2) is 12.4 Å². The summed E-state index contributed by atoms with van der Waals surface area (Å²) in [6.07, 6.45) is 0. The molecule has 2 rings (SSSR count). The Labute approximate surface area is 117 Å². The highest BCUT2D eigenvalue weighted by molar-refractivity contribution is 5.94. The molecule has 4 heteroatoms. The quantitative estimate of drug-likeness (QED) is 0.849. The summed E-state index contributed by atoms with van der Waals surface area (Å²) >= 11 is 0. The summed E-state index contributed by atoms with van der Waals surface area (Å²) in [7, 11) is 0. The predicted octanol–water partition coefficient (Wildman–Crippen LogP) is 2.91. The number of amides is 1. The molecule has 102 valence electrons. The van der Waals surface area contributed by atoms with Gasteiger partial charge in [-0.2, -0.15) is 0 Å². The van der Waals surface area contributed by atoms with Gasteiger partial charge in [0.1, 0.15) is 5.75 Å². The zero-order valence-electron chi connectivity index (χ0n) is 11.1. The Bertz CT molecular complexity index is 608. The second kappa shape index (κ2) is 6.52. The fourth-order valence-corrected chi connectivity index (χ4v) is 1.67. The summed E-state index contributed by atoms with van der Waals surface area (Å²) in [5.41, 5.74) is 1.28. The number of rotatable bonds is 5. The van der Waals surface area contributed by atoms with Crippen LogP contribution in [0.5, 0.6) is 5.75 Å². The third-order valence-corrected chi connectivity index (χ3v) is 2.67. The molecule has 0 heterocycles. The first-order valence-electron chi connectivity index (χ1n) is 6.24. The summed E-state index contributed by atoms with van der Waals surface area (Å²) in [6, 6.07) is 15.9. The van der Waals surface area contributed by atoms with Gasteiger partial charge in [-0.1, -0.05) is 30.3 Å². The lowest BCUT2D eigenvalue weighted by Gasteiger charge is -2.08. The van der Waals surface area contributed by atoms with E-state index in [-0.39, 0.29) is 18.3 Å². The third kappa shape index (κ3) is 3.95. The SMILES string of the molecule is CC(=O)c1cccc(OCC(=O)Nc2ccccc2)c1. The molecule has 4 nitrogen and oxygen atoms in total. The lowest BCUT2D eigenvalue weighted by Crippen LogP contribution is -2.20. The van der Waals surface area contributed by atoms with E-state index in [2.05, 4.69) is 5.32 Å². The molecule has 0 saturated carbocycles. The van der Waals surface area contributed by atoms with E-state index in [1.807, 2.05) is 18.2 Å². The van der Waals surface area contributed by atoms with Crippen LogP contribution < -0.4 is 10.1 Å². The van der Waals surface area contributed by atoms with Crippen LogP contribution in [0.3, 0.4) is 0 Å². The Balaban J connectivity index is 1.90. The smallest absolute Gasteiger partial charge is 0.262 e. The molecule has 0 aromatic heterocycles. The molecule has 0 radical (unpaired) electrons. The highest BCUT2D eigenvalue weighted by atomic mass is 16.5. The van der Waals surface area contributed by atoms with Crippen LogP contribution in [0.25, 0.3) is 0 Å². The topological polar surface area (TPSA) is 55.4 Å². The van der Waals surface area contributed by atoms with Gasteiger partial charge in [0, 0.05) is 11.3 Å². The van der Waals surface area contributed by atoms with E-state index in [1.165, 1.54) is 6.92 Å². The lowest BCUT2D eigenvalue weighted by atomic mass is 10.1. The fraction of sp³-hybridized carbons (Fsp3) is 0.125. The molecule has 2 aromatic carbocycles. The van der Waals surface area contributed by atoms with Gasteiger partial charge in [0.25, 0.3) is 5.91 Å². The van der Waals surface area contributed by atoms with E-state index in [9.17, 15) is 9.59 Å². The van der Waals surface area contributed by atoms with Crippen molar-refractivity contribution in [1.82, 2.24) is 0 Å². The maximum absolute atomic E-state index is 11.7. The first kappa shape index (κ1) is 13.8. The van der Waals surface area contributed by atoms with Gasteiger partial charge in [-0.25, -0.2) is 0 Å². The van der Waals surface area contributed by atoms with Crippen LogP contribution in [0.4, 0.5) is 5.69 Å². The predicted molar refractivity (Wildman–Crippen MR) is 77.0 cm³/mol. The number of nitrogens with one attached hydrogen (secondary N) is 1. The van der Waals surface area contributed by atoms with Gasteiger partial charge >= 0.3 is 0 Å². The van der Waals surface area contributed by atoms with E-state index < -0.39 is 0 Å². The third-order valence-electron chi connectivity index (χ3n) is 2.67. The minimum Gasteiger partial charge on any atom is -0.484 e. The van der Waals surface area contributed by atoms with Crippen molar-refractivity contribution in [2.24, 2.45) is 0 Å². The van der Waals surface area contributed by atoms with Crippen molar-refractivity contribution in [3.05, 3.63) is 60.2 Å². The molecule has 0 aliphatic heterocycles. The standard InChI is InChI=1S/C16H15NO3/c1-12(18)13-6-5-9-15(10-13)20-11-16(19)17-14-7-3-2-4-8-14/h2-10H,11H2,1H3,(H,17,19). The molecular formula is C16H15NO3. The van der Waals surface area contributed by atoms with Crippen molar-refractivity contribution in [2.75, 3.05) is 11.9 Å². The molecule has 0 spiro atoms. The number of hydrogen-bond donors (Lipinski definition) is 1. The minimum atomic E-state index is -0.246. The summed E-state index contributed by atoms with van der Waals surface area (Å²) in [4.78, 5) is 22.9. The zero-order valence-corrected chi connectivity index (χ0v) is 11.1. The lowest BCUT2D eigenvalue weighted by molar-refractivity contribution is -0.118. The molecule has 0 atom stereocenters. The van der Waals surface area contributed by atoms with Crippen molar-refractivity contribution in [3.8, 4) is 5.75 Å². The van der Waals surface area contributed by atoms with Crippen LogP contribution in [0.15, 0.2) is 54.6 Å². The molecule has 0 bridgehead atoms. The van der Waals surface area contributed by atoms with E-state index in [0.29, 0.717) is 11.3 Å². The minimum absolute atomic E-state index is 0.0378. The van der Waals surface area contributed by atoms with Crippen LogP contribution >= 0.6 is 0 Å². The van der Waals surface area contributed by atoms with Crippen LogP contribution in [0.2, 0.25) is 0 Å². The maximum atomic E-state index is 11.7. The van der Waals surface area contributed by atoms with Crippen molar-refractivity contribution in [1.29, 1.82) is 0 Å². The van der Waals surface area contributed by atoms with Crippen molar-refractivity contribution in [3.63, 3.8) is 0 Å². The molecule has 0 saturated heterocycles. The van der Waals surface area contributed by atoms with Gasteiger partial charge in [0.2, 0.25) is 0 Å². The Morgan fingerprint density at radius 2 is 1.80 bits per heavy atom. The zero-order chi connectivity index (χ0) is 14.4. The van der Waals surface area contributed by atoms with Crippen LogP contribution in [-0.4, -0.2) is 18.3 Å².